The molecule has 0 radical (unpaired) electrons. The van der Waals surface area contributed by atoms with E-state index in [9.17, 15) is 4.39 Å². The molecule has 0 bridgehead atoms. The number of nitrogens with two attached hydrogens (primary N) is 1. The fourth-order valence-electron chi connectivity index (χ4n) is 1.39. The van der Waals surface area contributed by atoms with Crippen LogP contribution in [-0.2, 0) is 7.05 Å². The Balaban J connectivity index is 2.25. The molecular formula is C11H11FN4S. The van der Waals surface area contributed by atoms with E-state index >= 15 is 0 Å². The van der Waals surface area contributed by atoms with Crippen molar-refractivity contribution in [1.29, 1.82) is 0 Å². The zero-order valence-corrected chi connectivity index (χ0v) is 9.96. The Hall–Kier alpha value is -1.95. The molecule has 1 aromatic heterocycles. The van der Waals surface area contributed by atoms with E-state index in [0.29, 0.717) is 17.1 Å². The van der Waals surface area contributed by atoms with E-state index in [2.05, 4.69) is 10.4 Å². The summed E-state index contributed by atoms with van der Waals surface area (Å²) in [5.74, 6) is 0.162. The van der Waals surface area contributed by atoms with Crippen LogP contribution in [0, 0.1) is 5.82 Å². The maximum atomic E-state index is 13.7. The van der Waals surface area contributed by atoms with Crippen LogP contribution in [0.25, 0.3) is 0 Å². The molecule has 4 nitrogen and oxygen atoms in total. The minimum absolute atomic E-state index is 0.174. The van der Waals surface area contributed by atoms with Crippen molar-refractivity contribution < 1.29 is 4.39 Å². The van der Waals surface area contributed by atoms with Gasteiger partial charge < -0.3 is 11.1 Å². The third-order valence-corrected chi connectivity index (χ3v) is 2.47. The van der Waals surface area contributed by atoms with Crippen molar-refractivity contribution in [3.8, 4) is 0 Å². The van der Waals surface area contributed by atoms with E-state index in [4.69, 9.17) is 18.0 Å². The molecule has 2 rings (SSSR count). The zero-order valence-electron chi connectivity index (χ0n) is 9.14. The average Bonchev–Trinajstić information content (AvgIpc) is 2.67. The van der Waals surface area contributed by atoms with E-state index in [-0.39, 0.29) is 4.99 Å². The number of aryl methyl sites for hydroxylation is 1. The van der Waals surface area contributed by atoms with Crippen LogP contribution >= 0.6 is 12.2 Å². The van der Waals surface area contributed by atoms with E-state index in [1.54, 1.807) is 36.1 Å². The molecule has 0 aliphatic carbocycles. The van der Waals surface area contributed by atoms with Crippen LogP contribution in [0.4, 0.5) is 15.9 Å². The summed E-state index contributed by atoms with van der Waals surface area (Å²) in [7, 11) is 1.79. The maximum Gasteiger partial charge on any atom is 0.152 e. The smallest absolute Gasteiger partial charge is 0.152 e. The lowest BCUT2D eigenvalue weighted by Gasteiger charge is -2.06. The monoisotopic (exact) mass is 250 g/mol. The Bertz CT molecular complexity index is 564. The fourth-order valence-corrected chi connectivity index (χ4v) is 1.52. The number of halogens is 1. The summed E-state index contributed by atoms with van der Waals surface area (Å²) in [4.78, 5) is 0.174. The standard InChI is InChI=1S/C11H11FN4S/c1-16-5-4-10(15-16)14-9-3-2-7(11(13)17)6-8(9)12/h2-6H,1H3,(H2,13,17)(H,14,15). The summed E-state index contributed by atoms with van der Waals surface area (Å²) in [5.41, 5.74) is 6.26. The summed E-state index contributed by atoms with van der Waals surface area (Å²) < 4.78 is 15.3. The molecule has 6 heteroatoms. The predicted octanol–water partition coefficient (Wildman–Crippen LogP) is 1.94. The van der Waals surface area contributed by atoms with Crippen LogP contribution in [-0.4, -0.2) is 14.8 Å². The van der Waals surface area contributed by atoms with E-state index in [0.717, 1.165) is 0 Å². The molecule has 3 N–H and O–H groups in total. The Morgan fingerprint density at radius 2 is 2.24 bits per heavy atom. The maximum absolute atomic E-state index is 13.7. The van der Waals surface area contributed by atoms with Crippen molar-refractivity contribution in [2.24, 2.45) is 12.8 Å². The number of hydrogen-bond acceptors (Lipinski definition) is 3. The van der Waals surface area contributed by atoms with Crippen molar-refractivity contribution in [2.45, 2.75) is 0 Å². The molecule has 0 saturated carbocycles. The molecule has 1 aromatic carbocycles. The van der Waals surface area contributed by atoms with E-state index in [1.165, 1.54) is 6.07 Å². The summed E-state index contributed by atoms with van der Waals surface area (Å²) >= 11 is 4.77. The normalized spacial score (nSPS) is 10.2. The molecule has 0 fully saturated rings. The van der Waals surface area contributed by atoms with E-state index in [1.807, 2.05) is 0 Å². The molecule has 0 unspecified atom stereocenters. The molecule has 0 spiro atoms. The number of rotatable bonds is 3. The molecule has 88 valence electrons. The van der Waals surface area contributed by atoms with Gasteiger partial charge in [0, 0.05) is 24.9 Å². The highest BCUT2D eigenvalue weighted by molar-refractivity contribution is 7.80. The van der Waals surface area contributed by atoms with Gasteiger partial charge in [-0.15, -0.1) is 0 Å². The van der Waals surface area contributed by atoms with Gasteiger partial charge in [0.25, 0.3) is 0 Å². The highest BCUT2D eigenvalue weighted by Crippen LogP contribution is 2.19. The highest BCUT2D eigenvalue weighted by atomic mass is 32.1. The van der Waals surface area contributed by atoms with Crippen molar-refractivity contribution in [2.75, 3.05) is 5.32 Å². The van der Waals surface area contributed by atoms with Gasteiger partial charge in [0.05, 0.1) is 5.69 Å². The molecule has 17 heavy (non-hydrogen) atoms. The van der Waals surface area contributed by atoms with Gasteiger partial charge in [-0.3, -0.25) is 4.68 Å². The summed E-state index contributed by atoms with van der Waals surface area (Å²) in [6, 6.07) is 6.30. The SMILES string of the molecule is Cn1ccc(Nc2ccc(C(N)=S)cc2F)n1. The van der Waals surface area contributed by atoms with Crippen LogP contribution in [0.3, 0.4) is 0 Å². The Morgan fingerprint density at radius 1 is 1.47 bits per heavy atom. The third-order valence-electron chi connectivity index (χ3n) is 2.23. The summed E-state index contributed by atoms with van der Waals surface area (Å²) in [5, 5.41) is 6.96. The molecule has 0 aliphatic heterocycles. The van der Waals surface area contributed by atoms with Crippen LogP contribution in [0.5, 0.6) is 0 Å². The van der Waals surface area contributed by atoms with Gasteiger partial charge in [0.1, 0.15) is 10.8 Å². The van der Waals surface area contributed by atoms with Gasteiger partial charge in [-0.05, 0) is 18.2 Å². The number of thiocarbonyl (C=S) groups is 1. The lowest BCUT2D eigenvalue weighted by Crippen LogP contribution is -2.09. The van der Waals surface area contributed by atoms with Crippen LogP contribution in [0.2, 0.25) is 0 Å². The minimum Gasteiger partial charge on any atom is -0.389 e. The first-order chi connectivity index (χ1) is 8.06. The Labute approximate surface area is 103 Å². The first-order valence-electron chi connectivity index (χ1n) is 4.92. The molecule has 1 heterocycles. The zero-order chi connectivity index (χ0) is 12.4. The second-order valence-corrected chi connectivity index (χ2v) is 4.00. The van der Waals surface area contributed by atoms with Crippen molar-refractivity contribution in [3.63, 3.8) is 0 Å². The average molecular weight is 250 g/mol. The molecule has 0 atom stereocenters. The second-order valence-electron chi connectivity index (χ2n) is 3.56. The second kappa shape index (κ2) is 4.50. The topological polar surface area (TPSA) is 55.9 Å². The quantitative estimate of drug-likeness (QED) is 0.817. The summed E-state index contributed by atoms with van der Waals surface area (Å²) in [6.07, 6.45) is 1.77. The molecule has 0 aliphatic rings. The van der Waals surface area contributed by atoms with Gasteiger partial charge in [-0.1, -0.05) is 12.2 Å². The number of benzene rings is 1. The van der Waals surface area contributed by atoms with Gasteiger partial charge >= 0.3 is 0 Å². The number of anilines is 2. The van der Waals surface area contributed by atoms with Crippen molar-refractivity contribution >= 4 is 28.7 Å². The van der Waals surface area contributed by atoms with Crippen molar-refractivity contribution in [1.82, 2.24) is 9.78 Å². The molecule has 2 aromatic rings. The number of nitrogens with zero attached hydrogens (tertiary/aromatic N) is 2. The van der Waals surface area contributed by atoms with Crippen molar-refractivity contribution in [3.05, 3.63) is 41.8 Å². The lowest BCUT2D eigenvalue weighted by atomic mass is 10.2. The third kappa shape index (κ3) is 2.59. The van der Waals surface area contributed by atoms with Gasteiger partial charge in [0.15, 0.2) is 5.82 Å². The fraction of sp³-hybridized carbons (Fsp3) is 0.0909. The van der Waals surface area contributed by atoms with Crippen LogP contribution in [0.15, 0.2) is 30.5 Å². The number of nitrogens with one attached hydrogen (secondary N) is 1. The van der Waals surface area contributed by atoms with Gasteiger partial charge in [0.2, 0.25) is 0 Å². The van der Waals surface area contributed by atoms with E-state index < -0.39 is 5.82 Å². The summed E-state index contributed by atoms with van der Waals surface area (Å²) in [6.45, 7) is 0. The van der Waals surface area contributed by atoms with Gasteiger partial charge in [-0.25, -0.2) is 4.39 Å². The minimum atomic E-state index is -0.416. The number of aromatic nitrogens is 2. The van der Waals surface area contributed by atoms with Crippen LogP contribution in [0.1, 0.15) is 5.56 Å². The largest absolute Gasteiger partial charge is 0.389 e. The highest BCUT2D eigenvalue weighted by Gasteiger charge is 2.06. The van der Waals surface area contributed by atoms with Gasteiger partial charge in [-0.2, -0.15) is 5.10 Å². The Kier molecular flexibility index (Phi) is 3.06. The first-order valence-corrected chi connectivity index (χ1v) is 5.33. The lowest BCUT2D eigenvalue weighted by molar-refractivity contribution is 0.631. The number of hydrogen-bond donors (Lipinski definition) is 2. The molecular weight excluding hydrogens is 239 g/mol. The molecule has 0 amide bonds. The first kappa shape index (κ1) is 11.5. The Morgan fingerprint density at radius 3 is 2.76 bits per heavy atom. The molecule has 0 saturated heterocycles. The predicted molar refractivity (Wildman–Crippen MR) is 68.8 cm³/mol. The van der Waals surface area contributed by atoms with Crippen LogP contribution < -0.4 is 11.1 Å².